The lowest BCUT2D eigenvalue weighted by Crippen LogP contribution is -2.48. The van der Waals surface area contributed by atoms with Crippen LogP contribution in [0.2, 0.25) is 0 Å². The van der Waals surface area contributed by atoms with Crippen LogP contribution in [0.5, 0.6) is 0 Å². The van der Waals surface area contributed by atoms with Crippen LogP contribution in [0.4, 0.5) is 5.69 Å². The minimum absolute atomic E-state index is 0.229. The predicted molar refractivity (Wildman–Crippen MR) is 116 cm³/mol. The Labute approximate surface area is 174 Å². The zero-order valence-electron chi connectivity index (χ0n) is 17.5. The Bertz CT molecular complexity index is 718. The number of rotatable bonds is 4. The Kier molecular flexibility index (Phi) is 5.75. The third kappa shape index (κ3) is 4.16. The number of piperidine rings is 2. The van der Waals surface area contributed by atoms with Gasteiger partial charge in [0.15, 0.2) is 0 Å². The fourth-order valence-electron chi connectivity index (χ4n) is 5.54. The molecule has 4 aliphatic rings. The van der Waals surface area contributed by atoms with Crippen molar-refractivity contribution in [3.63, 3.8) is 0 Å². The smallest absolute Gasteiger partial charge is 0.254 e. The summed E-state index contributed by atoms with van der Waals surface area (Å²) < 4.78 is 0. The molecule has 0 saturated carbocycles. The Morgan fingerprint density at radius 2 is 1.79 bits per heavy atom. The Morgan fingerprint density at radius 3 is 2.55 bits per heavy atom. The van der Waals surface area contributed by atoms with E-state index >= 15 is 0 Å². The molecule has 1 unspecified atom stereocenters. The zero-order valence-corrected chi connectivity index (χ0v) is 17.5. The highest BCUT2D eigenvalue weighted by Crippen LogP contribution is 2.30. The molecule has 158 valence electrons. The van der Waals surface area contributed by atoms with Gasteiger partial charge in [-0.05, 0) is 75.0 Å². The van der Waals surface area contributed by atoms with Crippen LogP contribution < -0.4 is 15.5 Å². The summed E-state index contributed by atoms with van der Waals surface area (Å²) in [5.41, 5.74) is 3.43. The molecule has 3 fully saturated rings. The maximum absolute atomic E-state index is 12.9. The third-order valence-corrected chi connectivity index (χ3v) is 7.34. The van der Waals surface area contributed by atoms with Gasteiger partial charge >= 0.3 is 0 Å². The van der Waals surface area contributed by atoms with Gasteiger partial charge < -0.3 is 20.4 Å². The van der Waals surface area contributed by atoms with Gasteiger partial charge in [0.25, 0.3) is 5.91 Å². The molecular weight excluding hydrogens is 362 g/mol. The number of hydrogen-bond donors (Lipinski definition) is 2. The van der Waals surface area contributed by atoms with Gasteiger partial charge in [0.05, 0.1) is 0 Å². The summed E-state index contributed by atoms with van der Waals surface area (Å²) in [6.07, 6.45) is 4.94. The van der Waals surface area contributed by atoms with Gasteiger partial charge in [0, 0.05) is 63.1 Å². The molecule has 6 heteroatoms. The fourth-order valence-corrected chi connectivity index (χ4v) is 5.54. The molecule has 0 spiro atoms. The first kappa shape index (κ1) is 19.3. The summed E-state index contributed by atoms with van der Waals surface area (Å²) in [6.45, 7) is 10.9. The highest BCUT2D eigenvalue weighted by Gasteiger charge is 2.33. The summed E-state index contributed by atoms with van der Waals surface area (Å²) in [4.78, 5) is 20.1. The van der Waals surface area contributed by atoms with E-state index in [1.54, 1.807) is 0 Å². The van der Waals surface area contributed by atoms with Crippen molar-refractivity contribution in [2.45, 2.75) is 38.3 Å². The summed E-state index contributed by atoms with van der Waals surface area (Å²) in [5, 5.41) is 6.92. The Morgan fingerprint density at radius 1 is 0.966 bits per heavy atom. The van der Waals surface area contributed by atoms with Crippen LogP contribution in [0.1, 0.15) is 41.6 Å². The second-order valence-corrected chi connectivity index (χ2v) is 9.26. The van der Waals surface area contributed by atoms with Crippen LogP contribution in [-0.2, 0) is 6.54 Å². The van der Waals surface area contributed by atoms with Gasteiger partial charge in [-0.2, -0.15) is 0 Å². The SMILES string of the molecule is O=C1c2ccc(N3CCN(CC4CCNCC4)CC3)cc2CN1C1CCCNC1. The van der Waals surface area contributed by atoms with Gasteiger partial charge in [0.1, 0.15) is 0 Å². The predicted octanol–water partition coefficient (Wildman–Crippen LogP) is 1.52. The Hall–Kier alpha value is -1.63. The van der Waals surface area contributed by atoms with Crippen molar-refractivity contribution in [3.05, 3.63) is 29.3 Å². The van der Waals surface area contributed by atoms with E-state index in [-0.39, 0.29) is 5.91 Å². The second-order valence-electron chi connectivity index (χ2n) is 9.26. The highest BCUT2D eigenvalue weighted by atomic mass is 16.2. The van der Waals surface area contributed by atoms with Crippen molar-refractivity contribution in [3.8, 4) is 0 Å². The van der Waals surface area contributed by atoms with E-state index in [4.69, 9.17) is 0 Å². The van der Waals surface area contributed by atoms with Gasteiger partial charge in [-0.3, -0.25) is 9.69 Å². The van der Waals surface area contributed by atoms with Crippen molar-refractivity contribution in [2.75, 3.05) is 63.8 Å². The lowest BCUT2D eigenvalue weighted by Gasteiger charge is -2.38. The maximum Gasteiger partial charge on any atom is 0.254 e. The standard InChI is InChI=1S/C23H35N5O/c29-23-22-4-3-20(14-19(22)17-28(23)21-2-1-7-25-15-21)27-12-10-26(11-13-27)16-18-5-8-24-9-6-18/h3-4,14,18,21,24-25H,1-2,5-13,15-17H2. The molecule has 29 heavy (non-hydrogen) atoms. The number of fused-ring (bicyclic) bond motifs is 1. The number of carbonyl (C=O) groups excluding carboxylic acids is 1. The topological polar surface area (TPSA) is 50.9 Å². The van der Waals surface area contributed by atoms with Gasteiger partial charge in [0.2, 0.25) is 0 Å². The monoisotopic (exact) mass is 397 g/mol. The molecule has 4 aliphatic heterocycles. The molecule has 6 nitrogen and oxygen atoms in total. The molecule has 2 N–H and O–H groups in total. The number of nitrogens with one attached hydrogen (secondary N) is 2. The van der Waals surface area contributed by atoms with Crippen molar-refractivity contribution in [1.29, 1.82) is 0 Å². The summed E-state index contributed by atoms with van der Waals surface area (Å²) in [6, 6.07) is 6.88. The number of benzene rings is 1. The number of amides is 1. The van der Waals surface area contributed by atoms with E-state index in [9.17, 15) is 4.79 Å². The van der Waals surface area contributed by atoms with E-state index in [2.05, 4.69) is 43.5 Å². The lowest BCUT2D eigenvalue weighted by molar-refractivity contribution is 0.0674. The van der Waals surface area contributed by atoms with Crippen LogP contribution in [0.3, 0.4) is 0 Å². The van der Waals surface area contributed by atoms with Crippen molar-refractivity contribution < 1.29 is 4.79 Å². The normalized spacial score (nSPS) is 26.8. The molecule has 1 amide bonds. The fraction of sp³-hybridized carbons (Fsp3) is 0.696. The number of anilines is 1. The van der Waals surface area contributed by atoms with Gasteiger partial charge in [-0.15, -0.1) is 0 Å². The van der Waals surface area contributed by atoms with E-state index in [0.29, 0.717) is 6.04 Å². The highest BCUT2D eigenvalue weighted by molar-refractivity contribution is 5.99. The van der Waals surface area contributed by atoms with E-state index < -0.39 is 0 Å². The van der Waals surface area contributed by atoms with Crippen molar-refractivity contribution >= 4 is 11.6 Å². The van der Waals surface area contributed by atoms with Gasteiger partial charge in [-0.1, -0.05) is 0 Å². The molecule has 0 radical (unpaired) electrons. The molecule has 0 bridgehead atoms. The minimum Gasteiger partial charge on any atom is -0.369 e. The van der Waals surface area contributed by atoms with Crippen LogP contribution in [0.25, 0.3) is 0 Å². The van der Waals surface area contributed by atoms with Crippen LogP contribution in [0.15, 0.2) is 18.2 Å². The number of piperazine rings is 1. The molecule has 5 rings (SSSR count). The summed E-state index contributed by atoms with van der Waals surface area (Å²) in [7, 11) is 0. The average Bonchev–Trinajstić information content (AvgIpc) is 3.11. The second kappa shape index (κ2) is 8.62. The van der Waals surface area contributed by atoms with Crippen molar-refractivity contribution in [1.82, 2.24) is 20.4 Å². The van der Waals surface area contributed by atoms with E-state index in [1.165, 1.54) is 43.7 Å². The Balaban J connectivity index is 1.19. The average molecular weight is 398 g/mol. The first-order chi connectivity index (χ1) is 14.3. The maximum atomic E-state index is 12.9. The quantitative estimate of drug-likeness (QED) is 0.807. The first-order valence-electron chi connectivity index (χ1n) is 11.6. The minimum atomic E-state index is 0.229. The first-order valence-corrected chi connectivity index (χ1v) is 11.6. The van der Waals surface area contributed by atoms with Crippen LogP contribution in [0, 0.1) is 5.92 Å². The number of nitrogens with zero attached hydrogens (tertiary/aromatic N) is 3. The molecule has 0 aromatic heterocycles. The van der Waals surface area contributed by atoms with Gasteiger partial charge in [-0.25, -0.2) is 0 Å². The third-order valence-electron chi connectivity index (χ3n) is 7.34. The molecule has 1 atom stereocenters. The van der Waals surface area contributed by atoms with E-state index in [1.807, 2.05) is 0 Å². The molecular formula is C23H35N5O. The summed E-state index contributed by atoms with van der Waals surface area (Å²) in [5.74, 6) is 1.10. The molecule has 3 saturated heterocycles. The number of hydrogen-bond acceptors (Lipinski definition) is 5. The van der Waals surface area contributed by atoms with E-state index in [0.717, 1.165) is 70.1 Å². The van der Waals surface area contributed by atoms with Crippen molar-refractivity contribution in [2.24, 2.45) is 5.92 Å². The molecule has 1 aromatic rings. The van der Waals surface area contributed by atoms with Crippen LogP contribution in [-0.4, -0.2) is 80.7 Å². The zero-order chi connectivity index (χ0) is 19.6. The largest absolute Gasteiger partial charge is 0.369 e. The molecule has 4 heterocycles. The van der Waals surface area contributed by atoms with Crippen LogP contribution >= 0.6 is 0 Å². The molecule has 0 aliphatic carbocycles. The summed E-state index contributed by atoms with van der Waals surface area (Å²) >= 11 is 0. The molecule has 1 aromatic carbocycles. The lowest BCUT2D eigenvalue weighted by atomic mass is 9.97. The number of carbonyl (C=O) groups is 1.